The Morgan fingerprint density at radius 2 is 2.10 bits per heavy atom. The lowest BCUT2D eigenvalue weighted by Gasteiger charge is -2.09. The molecular weight excluding hydrogens is 254 g/mol. The van der Waals surface area contributed by atoms with Gasteiger partial charge in [0.1, 0.15) is 0 Å². The predicted molar refractivity (Wildman–Crippen MR) is 74.6 cm³/mol. The summed E-state index contributed by atoms with van der Waals surface area (Å²) in [6.07, 6.45) is 6.91. The molecule has 0 amide bonds. The van der Waals surface area contributed by atoms with E-state index in [1.807, 2.05) is 10.9 Å². The van der Waals surface area contributed by atoms with Crippen molar-refractivity contribution < 1.29 is 4.52 Å². The molecule has 0 spiro atoms. The Morgan fingerprint density at radius 1 is 1.30 bits per heavy atom. The Kier molecular flexibility index (Phi) is 2.75. The highest BCUT2D eigenvalue weighted by molar-refractivity contribution is 5.58. The van der Waals surface area contributed by atoms with Crippen LogP contribution in [-0.2, 0) is 6.54 Å². The first-order valence-corrected chi connectivity index (χ1v) is 7.51. The highest BCUT2D eigenvalue weighted by Gasteiger charge is 2.31. The standard InChI is InChI=1S/C14H19N5O/c1-2-19-9-11(12(16-19)10-5-6-10)13-15-14(17-20-13)18-7-3-4-8-18/h9-10H,2-8H2,1H3. The van der Waals surface area contributed by atoms with E-state index in [0.717, 1.165) is 36.8 Å². The van der Waals surface area contributed by atoms with Crippen molar-refractivity contribution in [2.75, 3.05) is 18.0 Å². The molecule has 0 N–H and O–H groups in total. The van der Waals surface area contributed by atoms with E-state index in [-0.39, 0.29) is 0 Å². The van der Waals surface area contributed by atoms with Gasteiger partial charge in [0, 0.05) is 31.7 Å². The van der Waals surface area contributed by atoms with Gasteiger partial charge in [0.05, 0.1) is 11.3 Å². The molecule has 1 aliphatic heterocycles. The largest absolute Gasteiger partial charge is 0.338 e. The zero-order valence-electron chi connectivity index (χ0n) is 11.7. The molecular formula is C14H19N5O. The molecule has 6 nitrogen and oxygen atoms in total. The van der Waals surface area contributed by atoms with Crippen LogP contribution in [0.5, 0.6) is 0 Å². The van der Waals surface area contributed by atoms with Crippen LogP contribution < -0.4 is 4.90 Å². The molecule has 4 rings (SSSR count). The number of aryl methyl sites for hydroxylation is 1. The summed E-state index contributed by atoms with van der Waals surface area (Å²) in [5, 5.41) is 8.78. The van der Waals surface area contributed by atoms with Crippen LogP contribution in [0.25, 0.3) is 11.5 Å². The Balaban J connectivity index is 1.67. The minimum Gasteiger partial charge on any atom is -0.338 e. The summed E-state index contributed by atoms with van der Waals surface area (Å²) in [7, 11) is 0. The second-order valence-corrected chi connectivity index (χ2v) is 5.65. The molecule has 3 heterocycles. The monoisotopic (exact) mass is 273 g/mol. The van der Waals surface area contributed by atoms with Gasteiger partial charge in [-0.25, -0.2) is 0 Å². The van der Waals surface area contributed by atoms with Crippen LogP contribution in [0.4, 0.5) is 5.95 Å². The van der Waals surface area contributed by atoms with Gasteiger partial charge in [-0.05, 0) is 37.8 Å². The lowest BCUT2D eigenvalue weighted by Crippen LogP contribution is -2.18. The van der Waals surface area contributed by atoms with E-state index in [9.17, 15) is 0 Å². The van der Waals surface area contributed by atoms with Crippen molar-refractivity contribution >= 4 is 5.95 Å². The van der Waals surface area contributed by atoms with Crippen molar-refractivity contribution in [2.45, 2.75) is 45.1 Å². The molecule has 6 heteroatoms. The fourth-order valence-electron chi connectivity index (χ4n) is 2.79. The first-order valence-electron chi connectivity index (χ1n) is 7.51. The third-order valence-electron chi connectivity index (χ3n) is 4.11. The second kappa shape index (κ2) is 4.61. The number of hydrogen-bond donors (Lipinski definition) is 0. The summed E-state index contributed by atoms with van der Waals surface area (Å²) in [6.45, 7) is 5.02. The third kappa shape index (κ3) is 1.99. The van der Waals surface area contributed by atoms with Crippen LogP contribution in [0, 0.1) is 0 Å². The fraction of sp³-hybridized carbons (Fsp3) is 0.643. The van der Waals surface area contributed by atoms with Gasteiger partial charge in [0.2, 0.25) is 0 Å². The molecule has 2 aromatic rings. The van der Waals surface area contributed by atoms with Gasteiger partial charge in [0.15, 0.2) is 0 Å². The van der Waals surface area contributed by atoms with Crippen molar-refractivity contribution in [2.24, 2.45) is 0 Å². The number of aromatic nitrogens is 4. The van der Waals surface area contributed by atoms with Crippen LogP contribution in [-0.4, -0.2) is 33.0 Å². The van der Waals surface area contributed by atoms with Gasteiger partial charge in [-0.1, -0.05) is 0 Å². The topological polar surface area (TPSA) is 60.0 Å². The van der Waals surface area contributed by atoms with Crippen LogP contribution in [0.2, 0.25) is 0 Å². The van der Waals surface area contributed by atoms with Crippen LogP contribution >= 0.6 is 0 Å². The molecule has 1 saturated heterocycles. The molecule has 2 fully saturated rings. The molecule has 1 aliphatic carbocycles. The molecule has 0 atom stereocenters. The fourth-order valence-corrected chi connectivity index (χ4v) is 2.79. The summed E-state index contributed by atoms with van der Waals surface area (Å²) in [5.74, 6) is 1.93. The van der Waals surface area contributed by atoms with Crippen molar-refractivity contribution in [1.29, 1.82) is 0 Å². The van der Waals surface area contributed by atoms with E-state index in [4.69, 9.17) is 4.52 Å². The molecule has 2 aliphatic rings. The van der Waals surface area contributed by atoms with E-state index in [1.54, 1.807) is 0 Å². The summed E-state index contributed by atoms with van der Waals surface area (Å²) in [6, 6.07) is 0. The maximum atomic E-state index is 5.48. The molecule has 20 heavy (non-hydrogen) atoms. The average Bonchev–Trinajstić information content (AvgIpc) is 2.92. The van der Waals surface area contributed by atoms with E-state index >= 15 is 0 Å². The van der Waals surface area contributed by atoms with Crippen LogP contribution in [0.1, 0.15) is 44.2 Å². The van der Waals surface area contributed by atoms with Gasteiger partial charge in [0.25, 0.3) is 11.8 Å². The number of hydrogen-bond acceptors (Lipinski definition) is 5. The first-order chi connectivity index (χ1) is 9.85. The van der Waals surface area contributed by atoms with Crippen molar-refractivity contribution in [3.63, 3.8) is 0 Å². The van der Waals surface area contributed by atoms with Gasteiger partial charge in [-0.2, -0.15) is 10.1 Å². The number of nitrogens with zero attached hydrogens (tertiary/aromatic N) is 5. The number of anilines is 1. The van der Waals surface area contributed by atoms with Gasteiger partial charge >= 0.3 is 0 Å². The lowest BCUT2D eigenvalue weighted by molar-refractivity contribution is 0.429. The Bertz CT molecular complexity index is 607. The molecule has 0 bridgehead atoms. The molecule has 1 saturated carbocycles. The zero-order chi connectivity index (χ0) is 13.5. The highest BCUT2D eigenvalue weighted by Crippen LogP contribution is 2.43. The highest BCUT2D eigenvalue weighted by atomic mass is 16.5. The van der Waals surface area contributed by atoms with E-state index < -0.39 is 0 Å². The van der Waals surface area contributed by atoms with Gasteiger partial charge in [-0.3, -0.25) is 4.68 Å². The summed E-state index contributed by atoms with van der Waals surface area (Å²) >= 11 is 0. The van der Waals surface area contributed by atoms with E-state index in [2.05, 4.69) is 27.1 Å². The summed E-state index contributed by atoms with van der Waals surface area (Å²) < 4.78 is 7.44. The average molecular weight is 273 g/mol. The first kappa shape index (κ1) is 11.9. The lowest BCUT2D eigenvalue weighted by atomic mass is 10.2. The van der Waals surface area contributed by atoms with Crippen molar-refractivity contribution in [3.8, 4) is 11.5 Å². The second-order valence-electron chi connectivity index (χ2n) is 5.65. The third-order valence-corrected chi connectivity index (χ3v) is 4.11. The summed E-state index contributed by atoms with van der Waals surface area (Å²) in [4.78, 5) is 6.76. The van der Waals surface area contributed by atoms with Crippen LogP contribution in [0.15, 0.2) is 10.7 Å². The van der Waals surface area contributed by atoms with Gasteiger partial charge < -0.3 is 9.42 Å². The Hall–Kier alpha value is -1.85. The maximum absolute atomic E-state index is 5.48. The minimum absolute atomic E-state index is 0.583. The van der Waals surface area contributed by atoms with Crippen molar-refractivity contribution in [3.05, 3.63) is 11.9 Å². The van der Waals surface area contributed by atoms with Crippen LogP contribution in [0.3, 0.4) is 0 Å². The molecule has 2 aromatic heterocycles. The Labute approximate surface area is 117 Å². The summed E-state index contributed by atoms with van der Waals surface area (Å²) in [5.41, 5.74) is 2.15. The molecule has 0 radical (unpaired) electrons. The van der Waals surface area contributed by atoms with E-state index in [1.165, 1.54) is 25.7 Å². The maximum Gasteiger partial charge on any atom is 0.266 e. The molecule has 0 unspecified atom stereocenters. The number of rotatable bonds is 4. The van der Waals surface area contributed by atoms with E-state index in [0.29, 0.717) is 11.8 Å². The molecule has 0 aromatic carbocycles. The smallest absolute Gasteiger partial charge is 0.266 e. The quantitative estimate of drug-likeness (QED) is 0.856. The van der Waals surface area contributed by atoms with Crippen molar-refractivity contribution in [1.82, 2.24) is 19.9 Å². The zero-order valence-corrected chi connectivity index (χ0v) is 11.7. The minimum atomic E-state index is 0.583. The van der Waals surface area contributed by atoms with Gasteiger partial charge in [-0.15, -0.1) is 0 Å². The SMILES string of the molecule is CCn1cc(-c2nc(N3CCCC3)no2)c(C2CC2)n1. The normalized spacial score (nSPS) is 18.9. The molecule has 106 valence electrons. The predicted octanol–water partition coefficient (Wildman–Crippen LogP) is 2.43. The Morgan fingerprint density at radius 3 is 2.80 bits per heavy atom.